The molecule has 1 saturated carbocycles. The van der Waals surface area contributed by atoms with E-state index in [4.69, 9.17) is 0 Å². The van der Waals surface area contributed by atoms with Gasteiger partial charge < -0.3 is 10.4 Å². The molecule has 0 aromatic carbocycles. The Hall–Kier alpha value is -0.570. The quantitative estimate of drug-likeness (QED) is 0.641. The highest BCUT2D eigenvalue weighted by Crippen LogP contribution is 2.26. The lowest BCUT2D eigenvalue weighted by Gasteiger charge is -2.24. The molecule has 2 N–H and O–H groups in total. The Morgan fingerprint density at radius 3 is 2.50 bits per heavy atom. The second-order valence-corrected chi connectivity index (χ2v) is 3.55. The lowest BCUT2D eigenvalue weighted by atomic mass is 9.85. The highest BCUT2D eigenvalue weighted by atomic mass is 16.3. The maximum absolute atomic E-state index is 11.0. The molecule has 70 valence electrons. The molecular weight excluding hydrogens is 154 g/mol. The lowest BCUT2D eigenvalue weighted by Crippen LogP contribution is -2.25. The van der Waals surface area contributed by atoms with E-state index in [0.29, 0.717) is 12.3 Å². The summed E-state index contributed by atoms with van der Waals surface area (Å²) in [5.74, 6) is 0.615. The number of hydrogen-bond donors (Lipinski definition) is 2. The van der Waals surface area contributed by atoms with Crippen molar-refractivity contribution in [1.82, 2.24) is 5.32 Å². The maximum atomic E-state index is 11.0. The summed E-state index contributed by atoms with van der Waals surface area (Å²) in [6, 6.07) is 0. The summed E-state index contributed by atoms with van der Waals surface area (Å²) in [7, 11) is 1.67. The minimum absolute atomic E-state index is 0.120. The first-order valence-corrected chi connectivity index (χ1v) is 4.61. The van der Waals surface area contributed by atoms with Crippen molar-refractivity contribution in [2.45, 2.75) is 38.2 Å². The fraction of sp³-hybridized carbons (Fsp3) is 0.889. The van der Waals surface area contributed by atoms with Gasteiger partial charge in [-0.25, -0.2) is 0 Å². The normalized spacial score (nSPS) is 29.8. The predicted octanol–water partition coefficient (Wildman–Crippen LogP) is 0.674. The number of carbonyl (C=O) groups excluding carboxylic acids is 1. The Labute approximate surface area is 73.2 Å². The van der Waals surface area contributed by atoms with E-state index in [1.165, 1.54) is 0 Å². The standard InChI is InChI=1S/C9H17NO2/c1-10-9(12)6-7-2-4-8(11)5-3-7/h7-8,11H,2-6H2,1H3,(H,10,12). The lowest BCUT2D eigenvalue weighted by molar-refractivity contribution is -0.121. The molecule has 1 fully saturated rings. The van der Waals surface area contributed by atoms with Gasteiger partial charge in [-0.2, -0.15) is 0 Å². The van der Waals surface area contributed by atoms with Crippen LogP contribution >= 0.6 is 0 Å². The van der Waals surface area contributed by atoms with Crippen LogP contribution in [-0.4, -0.2) is 24.2 Å². The van der Waals surface area contributed by atoms with Gasteiger partial charge in [-0.05, 0) is 31.6 Å². The zero-order valence-electron chi connectivity index (χ0n) is 7.55. The van der Waals surface area contributed by atoms with Crippen LogP contribution in [0.25, 0.3) is 0 Å². The number of nitrogens with one attached hydrogen (secondary N) is 1. The van der Waals surface area contributed by atoms with E-state index >= 15 is 0 Å². The van der Waals surface area contributed by atoms with Gasteiger partial charge in [-0.3, -0.25) is 4.79 Å². The van der Waals surface area contributed by atoms with Crippen LogP contribution < -0.4 is 5.32 Å². The van der Waals surface area contributed by atoms with Crippen LogP contribution in [0.3, 0.4) is 0 Å². The molecule has 0 aliphatic heterocycles. The van der Waals surface area contributed by atoms with Gasteiger partial charge in [0.25, 0.3) is 0 Å². The first-order valence-electron chi connectivity index (χ1n) is 4.61. The third-order valence-corrected chi connectivity index (χ3v) is 2.57. The van der Waals surface area contributed by atoms with Gasteiger partial charge in [0.1, 0.15) is 0 Å². The summed E-state index contributed by atoms with van der Waals surface area (Å²) < 4.78 is 0. The second kappa shape index (κ2) is 4.45. The number of rotatable bonds is 2. The van der Waals surface area contributed by atoms with Crippen LogP contribution in [0.5, 0.6) is 0 Å². The summed E-state index contributed by atoms with van der Waals surface area (Å²) in [6.07, 6.45) is 4.22. The number of amides is 1. The van der Waals surface area contributed by atoms with E-state index in [0.717, 1.165) is 25.7 Å². The van der Waals surface area contributed by atoms with Crippen molar-refractivity contribution >= 4 is 5.91 Å². The fourth-order valence-corrected chi connectivity index (χ4v) is 1.71. The van der Waals surface area contributed by atoms with Crippen molar-refractivity contribution < 1.29 is 9.90 Å². The van der Waals surface area contributed by atoms with Crippen LogP contribution in [0.15, 0.2) is 0 Å². The molecule has 0 aromatic rings. The van der Waals surface area contributed by atoms with Gasteiger partial charge in [0.2, 0.25) is 5.91 Å². The average Bonchev–Trinajstić information content (AvgIpc) is 2.09. The van der Waals surface area contributed by atoms with Crippen molar-refractivity contribution in [2.75, 3.05) is 7.05 Å². The molecule has 12 heavy (non-hydrogen) atoms. The highest BCUT2D eigenvalue weighted by Gasteiger charge is 2.20. The summed E-state index contributed by atoms with van der Waals surface area (Å²) in [5.41, 5.74) is 0. The number of carbonyl (C=O) groups is 1. The zero-order chi connectivity index (χ0) is 8.97. The topological polar surface area (TPSA) is 49.3 Å². The van der Waals surface area contributed by atoms with Crippen molar-refractivity contribution in [3.8, 4) is 0 Å². The maximum Gasteiger partial charge on any atom is 0.220 e. The molecule has 1 amide bonds. The molecule has 3 heteroatoms. The molecule has 0 saturated heterocycles. The van der Waals surface area contributed by atoms with E-state index in [2.05, 4.69) is 5.32 Å². The summed E-state index contributed by atoms with van der Waals surface area (Å²) >= 11 is 0. The third kappa shape index (κ3) is 2.81. The molecule has 1 aliphatic rings. The Balaban J connectivity index is 2.21. The van der Waals surface area contributed by atoms with Crippen LogP contribution in [0.2, 0.25) is 0 Å². The monoisotopic (exact) mass is 171 g/mol. The summed E-state index contributed by atoms with van der Waals surface area (Å²) in [6.45, 7) is 0. The van der Waals surface area contributed by atoms with E-state index < -0.39 is 0 Å². The number of aliphatic hydroxyl groups excluding tert-OH is 1. The number of aliphatic hydroxyl groups is 1. The summed E-state index contributed by atoms with van der Waals surface area (Å²) in [5, 5.41) is 11.8. The minimum Gasteiger partial charge on any atom is -0.393 e. The first kappa shape index (κ1) is 9.52. The van der Waals surface area contributed by atoms with Crippen molar-refractivity contribution in [2.24, 2.45) is 5.92 Å². The fourth-order valence-electron chi connectivity index (χ4n) is 1.71. The molecule has 0 radical (unpaired) electrons. The molecule has 3 nitrogen and oxygen atoms in total. The molecular formula is C9H17NO2. The molecule has 0 spiro atoms. The molecule has 0 heterocycles. The van der Waals surface area contributed by atoms with Crippen LogP contribution in [0, 0.1) is 5.92 Å². The van der Waals surface area contributed by atoms with E-state index in [-0.39, 0.29) is 12.0 Å². The average molecular weight is 171 g/mol. The van der Waals surface area contributed by atoms with Crippen molar-refractivity contribution in [1.29, 1.82) is 0 Å². The highest BCUT2D eigenvalue weighted by molar-refractivity contribution is 5.75. The van der Waals surface area contributed by atoms with Crippen molar-refractivity contribution in [3.63, 3.8) is 0 Å². The van der Waals surface area contributed by atoms with Gasteiger partial charge in [0, 0.05) is 13.5 Å². The third-order valence-electron chi connectivity index (χ3n) is 2.57. The Bertz CT molecular complexity index is 151. The zero-order valence-corrected chi connectivity index (χ0v) is 7.55. The molecule has 0 unspecified atom stereocenters. The van der Waals surface area contributed by atoms with Gasteiger partial charge in [-0.15, -0.1) is 0 Å². The molecule has 0 atom stereocenters. The smallest absolute Gasteiger partial charge is 0.220 e. The Kier molecular flexibility index (Phi) is 3.53. The molecule has 0 bridgehead atoms. The molecule has 0 aromatic heterocycles. The largest absolute Gasteiger partial charge is 0.393 e. The first-order chi connectivity index (χ1) is 5.72. The van der Waals surface area contributed by atoms with Crippen LogP contribution in [0.4, 0.5) is 0 Å². The van der Waals surface area contributed by atoms with E-state index in [1.54, 1.807) is 7.05 Å². The van der Waals surface area contributed by atoms with Gasteiger partial charge >= 0.3 is 0 Å². The van der Waals surface area contributed by atoms with Crippen molar-refractivity contribution in [3.05, 3.63) is 0 Å². The van der Waals surface area contributed by atoms with Crippen LogP contribution in [0.1, 0.15) is 32.1 Å². The SMILES string of the molecule is CNC(=O)CC1CCC(O)CC1. The Morgan fingerprint density at radius 1 is 1.42 bits per heavy atom. The predicted molar refractivity (Wildman–Crippen MR) is 46.6 cm³/mol. The van der Waals surface area contributed by atoms with E-state index in [9.17, 15) is 9.90 Å². The van der Waals surface area contributed by atoms with Gasteiger partial charge in [0.05, 0.1) is 6.10 Å². The summed E-state index contributed by atoms with van der Waals surface area (Å²) in [4.78, 5) is 11.0. The minimum atomic E-state index is -0.120. The van der Waals surface area contributed by atoms with Gasteiger partial charge in [0.15, 0.2) is 0 Å². The molecule has 1 rings (SSSR count). The van der Waals surface area contributed by atoms with Gasteiger partial charge in [-0.1, -0.05) is 0 Å². The second-order valence-electron chi connectivity index (χ2n) is 3.55. The molecule has 1 aliphatic carbocycles. The van der Waals surface area contributed by atoms with E-state index in [1.807, 2.05) is 0 Å². The number of hydrogen-bond acceptors (Lipinski definition) is 2. The van der Waals surface area contributed by atoms with Crippen LogP contribution in [-0.2, 0) is 4.79 Å². The Morgan fingerprint density at radius 2 is 2.00 bits per heavy atom.